The Morgan fingerprint density at radius 1 is 1.23 bits per heavy atom. The van der Waals surface area contributed by atoms with Crippen molar-refractivity contribution in [3.8, 4) is 0 Å². The van der Waals surface area contributed by atoms with E-state index >= 15 is 0 Å². The quantitative estimate of drug-likeness (QED) is 0.497. The van der Waals surface area contributed by atoms with Crippen LogP contribution in [0.15, 0.2) is 10.4 Å². The SMILES string of the molecule is CN=C(NCCc1nc(C(F)(F)F)cs1)NCC1(CN2CCOCC2)CCCCC1. The highest BCUT2D eigenvalue weighted by Gasteiger charge is 2.35. The molecule has 2 N–H and O–H groups in total. The summed E-state index contributed by atoms with van der Waals surface area (Å²) in [5, 5.41) is 8.23. The van der Waals surface area contributed by atoms with Crippen LogP contribution < -0.4 is 10.6 Å². The van der Waals surface area contributed by atoms with Crippen molar-refractivity contribution in [2.24, 2.45) is 10.4 Å². The third-order valence-electron chi connectivity index (χ3n) is 5.90. The molecule has 1 saturated heterocycles. The Morgan fingerprint density at radius 2 is 1.97 bits per heavy atom. The molecule has 6 nitrogen and oxygen atoms in total. The van der Waals surface area contributed by atoms with E-state index in [9.17, 15) is 13.2 Å². The molecule has 0 atom stereocenters. The molecule has 2 fully saturated rings. The minimum absolute atomic E-state index is 0.226. The number of aromatic nitrogens is 1. The molecule has 2 heterocycles. The number of nitrogens with zero attached hydrogens (tertiary/aromatic N) is 3. The summed E-state index contributed by atoms with van der Waals surface area (Å²) in [7, 11) is 1.72. The zero-order valence-electron chi connectivity index (χ0n) is 17.6. The van der Waals surface area contributed by atoms with Gasteiger partial charge in [0.15, 0.2) is 11.7 Å². The zero-order valence-corrected chi connectivity index (χ0v) is 18.4. The molecular formula is C20H32F3N5OS. The predicted molar refractivity (Wildman–Crippen MR) is 113 cm³/mol. The lowest BCUT2D eigenvalue weighted by Crippen LogP contribution is -2.51. The molecule has 1 aromatic heterocycles. The highest BCUT2D eigenvalue weighted by molar-refractivity contribution is 7.09. The minimum atomic E-state index is -4.38. The Bertz CT molecular complexity index is 682. The first-order valence-corrected chi connectivity index (χ1v) is 11.5. The lowest BCUT2D eigenvalue weighted by Gasteiger charge is -2.42. The van der Waals surface area contributed by atoms with Crippen LogP contribution in [0.4, 0.5) is 13.2 Å². The Morgan fingerprint density at radius 3 is 2.60 bits per heavy atom. The largest absolute Gasteiger partial charge is 0.434 e. The Balaban J connectivity index is 1.48. The fourth-order valence-corrected chi connectivity index (χ4v) is 5.07. The maximum absolute atomic E-state index is 12.7. The minimum Gasteiger partial charge on any atom is -0.379 e. The molecule has 0 unspecified atom stereocenters. The van der Waals surface area contributed by atoms with Gasteiger partial charge in [0.2, 0.25) is 0 Å². The van der Waals surface area contributed by atoms with Gasteiger partial charge in [-0.1, -0.05) is 19.3 Å². The normalized spacial score (nSPS) is 20.9. The van der Waals surface area contributed by atoms with Gasteiger partial charge in [-0.05, 0) is 12.8 Å². The number of thiazole rings is 1. The number of hydrogen-bond acceptors (Lipinski definition) is 5. The van der Waals surface area contributed by atoms with Crippen LogP contribution in [0, 0.1) is 5.41 Å². The molecule has 1 aromatic rings. The molecule has 1 saturated carbocycles. The lowest BCUT2D eigenvalue weighted by atomic mass is 9.73. The van der Waals surface area contributed by atoms with Gasteiger partial charge in [0.25, 0.3) is 0 Å². The van der Waals surface area contributed by atoms with Crippen LogP contribution in [0.1, 0.15) is 42.8 Å². The molecule has 10 heteroatoms. The highest BCUT2D eigenvalue weighted by atomic mass is 32.1. The van der Waals surface area contributed by atoms with Gasteiger partial charge < -0.3 is 15.4 Å². The van der Waals surface area contributed by atoms with Crippen molar-refractivity contribution in [1.82, 2.24) is 20.5 Å². The van der Waals surface area contributed by atoms with E-state index in [1.165, 1.54) is 32.1 Å². The first-order chi connectivity index (χ1) is 14.4. The van der Waals surface area contributed by atoms with Gasteiger partial charge in [-0.3, -0.25) is 9.89 Å². The molecule has 1 aliphatic carbocycles. The van der Waals surface area contributed by atoms with E-state index in [-0.39, 0.29) is 5.41 Å². The van der Waals surface area contributed by atoms with Crippen molar-refractivity contribution in [2.75, 3.05) is 53.0 Å². The van der Waals surface area contributed by atoms with E-state index in [2.05, 4.69) is 25.5 Å². The van der Waals surface area contributed by atoms with E-state index in [0.717, 1.165) is 56.1 Å². The second-order valence-electron chi connectivity index (χ2n) is 8.18. The molecule has 3 rings (SSSR count). The van der Waals surface area contributed by atoms with Gasteiger partial charge in [-0.2, -0.15) is 13.2 Å². The van der Waals surface area contributed by atoms with Gasteiger partial charge in [0.05, 0.1) is 18.2 Å². The maximum Gasteiger partial charge on any atom is 0.434 e. The Kier molecular flexibility index (Phi) is 8.35. The molecule has 0 amide bonds. The van der Waals surface area contributed by atoms with Crippen molar-refractivity contribution in [2.45, 2.75) is 44.7 Å². The predicted octanol–water partition coefficient (Wildman–Crippen LogP) is 3.15. The molecule has 2 aliphatic rings. The fraction of sp³-hybridized carbons (Fsp3) is 0.800. The van der Waals surface area contributed by atoms with Crippen molar-refractivity contribution >= 4 is 17.3 Å². The Labute approximate surface area is 180 Å². The lowest BCUT2D eigenvalue weighted by molar-refractivity contribution is -0.140. The summed E-state index contributed by atoms with van der Waals surface area (Å²) in [5.41, 5.74) is -0.586. The van der Waals surface area contributed by atoms with Crippen LogP contribution in [-0.4, -0.2) is 68.8 Å². The van der Waals surface area contributed by atoms with E-state index in [1.54, 1.807) is 7.05 Å². The molecule has 1 aliphatic heterocycles. The number of hydrogen-bond donors (Lipinski definition) is 2. The van der Waals surface area contributed by atoms with Crippen LogP contribution >= 0.6 is 11.3 Å². The van der Waals surface area contributed by atoms with Gasteiger partial charge >= 0.3 is 6.18 Å². The average molecular weight is 448 g/mol. The number of rotatable bonds is 7. The number of nitrogens with one attached hydrogen (secondary N) is 2. The van der Waals surface area contributed by atoms with Gasteiger partial charge in [0, 0.05) is 57.0 Å². The maximum atomic E-state index is 12.7. The van der Waals surface area contributed by atoms with Crippen LogP contribution in [0.25, 0.3) is 0 Å². The summed E-state index contributed by atoms with van der Waals surface area (Å²) in [5.74, 6) is 0.689. The second-order valence-corrected chi connectivity index (χ2v) is 9.12. The summed E-state index contributed by atoms with van der Waals surface area (Å²) in [6.07, 6.45) is 2.26. The summed E-state index contributed by atoms with van der Waals surface area (Å²) in [4.78, 5) is 10.5. The number of guanidine groups is 1. The van der Waals surface area contributed by atoms with Crippen molar-refractivity contribution in [3.63, 3.8) is 0 Å². The number of aliphatic imine (C=N–C) groups is 1. The number of ether oxygens (including phenoxy) is 1. The first kappa shape index (κ1) is 23.3. The van der Waals surface area contributed by atoms with Gasteiger partial charge in [0.1, 0.15) is 0 Å². The summed E-state index contributed by atoms with van der Waals surface area (Å²) >= 11 is 1.04. The van der Waals surface area contributed by atoms with Crippen molar-refractivity contribution in [1.29, 1.82) is 0 Å². The summed E-state index contributed by atoms with van der Waals surface area (Å²) < 4.78 is 43.5. The standard InChI is InChI=1S/C20H32F3N5OS/c1-24-18(25-8-5-17-27-16(13-30-17)20(21,22)23)26-14-19(6-3-2-4-7-19)15-28-9-11-29-12-10-28/h13H,2-12,14-15H2,1H3,(H2,24,25,26). The summed E-state index contributed by atoms with van der Waals surface area (Å²) in [6.45, 7) is 5.99. The molecule has 30 heavy (non-hydrogen) atoms. The monoisotopic (exact) mass is 447 g/mol. The third-order valence-corrected chi connectivity index (χ3v) is 6.81. The fourth-order valence-electron chi connectivity index (χ4n) is 4.26. The molecule has 0 radical (unpaired) electrons. The third kappa shape index (κ3) is 6.81. The molecule has 170 valence electrons. The Hall–Kier alpha value is -1.39. The number of halogens is 3. The second kappa shape index (κ2) is 10.8. The molecule has 0 spiro atoms. The van der Waals surface area contributed by atoms with E-state index in [1.807, 2.05) is 0 Å². The average Bonchev–Trinajstić information content (AvgIpc) is 3.21. The molecule has 0 aromatic carbocycles. The van der Waals surface area contributed by atoms with Crippen LogP contribution in [0.3, 0.4) is 0 Å². The zero-order chi connectivity index (χ0) is 21.5. The topological polar surface area (TPSA) is 61.8 Å². The van der Waals surface area contributed by atoms with E-state index < -0.39 is 11.9 Å². The van der Waals surface area contributed by atoms with Crippen molar-refractivity contribution < 1.29 is 17.9 Å². The summed E-state index contributed by atoms with van der Waals surface area (Å²) in [6, 6.07) is 0. The smallest absolute Gasteiger partial charge is 0.379 e. The van der Waals surface area contributed by atoms with Crippen molar-refractivity contribution in [3.05, 3.63) is 16.1 Å². The van der Waals surface area contributed by atoms with Crippen LogP contribution in [0.2, 0.25) is 0 Å². The van der Waals surface area contributed by atoms with E-state index in [4.69, 9.17) is 4.74 Å². The van der Waals surface area contributed by atoms with Crippen LogP contribution in [-0.2, 0) is 17.3 Å². The van der Waals surface area contributed by atoms with Gasteiger partial charge in [-0.25, -0.2) is 4.98 Å². The first-order valence-electron chi connectivity index (χ1n) is 10.7. The molecular weight excluding hydrogens is 415 g/mol. The van der Waals surface area contributed by atoms with Gasteiger partial charge in [-0.15, -0.1) is 11.3 Å². The molecule has 0 bridgehead atoms. The number of morpholine rings is 1. The highest BCUT2D eigenvalue weighted by Crippen LogP contribution is 2.36. The van der Waals surface area contributed by atoms with E-state index in [0.29, 0.717) is 23.9 Å². The van der Waals surface area contributed by atoms with Crippen LogP contribution in [0.5, 0.6) is 0 Å². The number of alkyl halides is 3.